The first-order valence-electron chi connectivity index (χ1n) is 4.95. The fourth-order valence-corrected chi connectivity index (χ4v) is 1.79. The van der Waals surface area contributed by atoms with Gasteiger partial charge in [-0.15, -0.1) is 0 Å². The smallest absolute Gasteiger partial charge is 0.340 e. The zero-order chi connectivity index (χ0) is 11.7. The van der Waals surface area contributed by atoms with Crippen LogP contribution in [-0.2, 0) is 4.74 Å². The molecule has 2 aromatic heterocycles. The van der Waals surface area contributed by atoms with Gasteiger partial charge in [-0.1, -0.05) is 11.6 Å². The van der Waals surface area contributed by atoms with E-state index in [-0.39, 0.29) is 5.97 Å². The van der Waals surface area contributed by atoms with Crippen molar-refractivity contribution in [2.75, 3.05) is 6.61 Å². The molecule has 16 heavy (non-hydrogen) atoms. The third kappa shape index (κ3) is 1.76. The predicted octanol–water partition coefficient (Wildman–Crippen LogP) is 2.70. The van der Waals surface area contributed by atoms with Gasteiger partial charge in [0.05, 0.1) is 12.2 Å². The molecule has 84 valence electrons. The monoisotopic (exact) mass is 238 g/mol. The normalized spacial score (nSPS) is 10.7. The Labute approximate surface area is 97.6 Å². The lowest BCUT2D eigenvalue weighted by molar-refractivity contribution is 0.0528. The number of carbonyl (C=O) groups is 1. The molecule has 0 saturated heterocycles. The minimum absolute atomic E-state index is 0.338. The van der Waals surface area contributed by atoms with Gasteiger partial charge in [0.1, 0.15) is 10.8 Å². The van der Waals surface area contributed by atoms with Gasteiger partial charge in [0.25, 0.3) is 0 Å². The number of halogens is 1. The summed E-state index contributed by atoms with van der Waals surface area (Å²) in [7, 11) is 0. The Morgan fingerprint density at radius 3 is 3.00 bits per heavy atom. The topological polar surface area (TPSA) is 55.0 Å². The molecule has 2 rings (SSSR count). The maximum Gasteiger partial charge on any atom is 0.340 e. The molecule has 0 aliphatic rings. The second-order valence-electron chi connectivity index (χ2n) is 3.38. The molecule has 4 nitrogen and oxygen atoms in total. The van der Waals surface area contributed by atoms with Gasteiger partial charge in [-0.2, -0.15) is 0 Å². The first-order valence-corrected chi connectivity index (χ1v) is 5.33. The molecule has 0 spiro atoms. The molecule has 2 heterocycles. The Morgan fingerprint density at radius 1 is 1.56 bits per heavy atom. The van der Waals surface area contributed by atoms with Gasteiger partial charge in [0.2, 0.25) is 0 Å². The number of aromatic amines is 1. The maximum atomic E-state index is 11.7. The Hall–Kier alpha value is -1.55. The number of ether oxygens (including phenoxy) is 1. The largest absolute Gasteiger partial charge is 0.462 e. The van der Waals surface area contributed by atoms with Gasteiger partial charge in [0.15, 0.2) is 0 Å². The van der Waals surface area contributed by atoms with Crippen molar-refractivity contribution in [3.05, 3.63) is 28.5 Å². The SMILES string of the molecule is CCOC(=O)c1c(C)[nH]c2nc(Cl)ccc12. The number of aromatic nitrogens is 2. The highest BCUT2D eigenvalue weighted by atomic mass is 35.5. The predicted molar refractivity (Wildman–Crippen MR) is 61.8 cm³/mol. The molecule has 0 radical (unpaired) electrons. The summed E-state index contributed by atoms with van der Waals surface area (Å²) >= 11 is 5.77. The molecule has 0 amide bonds. The van der Waals surface area contributed by atoms with Gasteiger partial charge in [-0.05, 0) is 26.0 Å². The van der Waals surface area contributed by atoms with Gasteiger partial charge in [-0.3, -0.25) is 0 Å². The third-order valence-corrected chi connectivity index (χ3v) is 2.50. The zero-order valence-electron chi connectivity index (χ0n) is 9.00. The number of pyridine rings is 1. The number of carbonyl (C=O) groups excluding carboxylic acids is 1. The van der Waals surface area contributed by atoms with Gasteiger partial charge < -0.3 is 9.72 Å². The Balaban J connectivity index is 2.60. The number of hydrogen-bond donors (Lipinski definition) is 1. The molecule has 0 saturated carbocycles. The zero-order valence-corrected chi connectivity index (χ0v) is 9.76. The lowest BCUT2D eigenvalue weighted by Crippen LogP contribution is -2.05. The lowest BCUT2D eigenvalue weighted by Gasteiger charge is -2.00. The van der Waals surface area contributed by atoms with E-state index in [2.05, 4.69) is 9.97 Å². The van der Waals surface area contributed by atoms with Gasteiger partial charge in [-0.25, -0.2) is 9.78 Å². The standard InChI is InChI=1S/C11H11ClN2O2/c1-3-16-11(15)9-6(2)13-10-7(9)4-5-8(12)14-10/h4-5H,3H2,1-2H3,(H,13,14). The first kappa shape index (κ1) is 11.0. The molecule has 0 fully saturated rings. The number of rotatable bonds is 2. The van der Waals surface area contributed by atoms with Crippen LogP contribution in [-0.4, -0.2) is 22.5 Å². The van der Waals surface area contributed by atoms with E-state index in [1.165, 1.54) is 0 Å². The van der Waals surface area contributed by atoms with Crippen molar-refractivity contribution < 1.29 is 9.53 Å². The van der Waals surface area contributed by atoms with E-state index in [0.717, 1.165) is 11.1 Å². The number of H-pyrrole nitrogens is 1. The van der Waals surface area contributed by atoms with Crippen LogP contribution in [0.3, 0.4) is 0 Å². The molecule has 0 aliphatic heterocycles. The summed E-state index contributed by atoms with van der Waals surface area (Å²) in [6, 6.07) is 3.42. The van der Waals surface area contributed by atoms with Crippen molar-refractivity contribution in [3.63, 3.8) is 0 Å². The van der Waals surface area contributed by atoms with Crippen LogP contribution in [0.4, 0.5) is 0 Å². The highest BCUT2D eigenvalue weighted by Crippen LogP contribution is 2.23. The van der Waals surface area contributed by atoms with Crippen molar-refractivity contribution in [1.29, 1.82) is 0 Å². The van der Waals surface area contributed by atoms with E-state index >= 15 is 0 Å². The Bertz CT molecular complexity index is 548. The van der Waals surface area contributed by atoms with Gasteiger partial charge in [0, 0.05) is 11.1 Å². The van der Waals surface area contributed by atoms with Crippen LogP contribution < -0.4 is 0 Å². The average Bonchev–Trinajstić information content (AvgIpc) is 2.53. The van der Waals surface area contributed by atoms with Crippen molar-refractivity contribution in [1.82, 2.24) is 9.97 Å². The fourth-order valence-electron chi connectivity index (χ4n) is 1.64. The van der Waals surface area contributed by atoms with Crippen LogP contribution in [0.25, 0.3) is 11.0 Å². The van der Waals surface area contributed by atoms with E-state index in [4.69, 9.17) is 16.3 Å². The average molecular weight is 239 g/mol. The van der Waals surface area contributed by atoms with Crippen LogP contribution in [0.2, 0.25) is 5.15 Å². The molecule has 0 bridgehead atoms. The quantitative estimate of drug-likeness (QED) is 0.647. The molecule has 5 heteroatoms. The van der Waals surface area contributed by atoms with Crippen LogP contribution in [0.15, 0.2) is 12.1 Å². The second kappa shape index (κ2) is 4.14. The number of aryl methyl sites for hydroxylation is 1. The summed E-state index contributed by atoms with van der Waals surface area (Å²) in [6.07, 6.45) is 0. The van der Waals surface area contributed by atoms with E-state index in [1.54, 1.807) is 19.1 Å². The highest BCUT2D eigenvalue weighted by Gasteiger charge is 2.17. The molecular weight excluding hydrogens is 228 g/mol. The minimum atomic E-state index is -0.338. The van der Waals surface area contributed by atoms with Gasteiger partial charge >= 0.3 is 5.97 Å². The van der Waals surface area contributed by atoms with E-state index in [9.17, 15) is 4.79 Å². The second-order valence-corrected chi connectivity index (χ2v) is 3.76. The third-order valence-electron chi connectivity index (χ3n) is 2.29. The van der Waals surface area contributed by atoms with Crippen LogP contribution >= 0.6 is 11.6 Å². The van der Waals surface area contributed by atoms with Crippen molar-refractivity contribution in [3.8, 4) is 0 Å². The van der Waals surface area contributed by atoms with E-state index in [0.29, 0.717) is 23.0 Å². The highest BCUT2D eigenvalue weighted by molar-refractivity contribution is 6.29. The molecule has 1 N–H and O–H groups in total. The molecule has 0 atom stereocenters. The molecule has 0 aromatic carbocycles. The number of nitrogens with zero attached hydrogens (tertiary/aromatic N) is 1. The number of nitrogens with one attached hydrogen (secondary N) is 1. The summed E-state index contributed by atoms with van der Waals surface area (Å²) < 4.78 is 4.99. The summed E-state index contributed by atoms with van der Waals surface area (Å²) in [5.41, 5.74) is 1.87. The summed E-state index contributed by atoms with van der Waals surface area (Å²) in [5.74, 6) is -0.338. The Morgan fingerprint density at radius 2 is 2.31 bits per heavy atom. The van der Waals surface area contributed by atoms with Crippen molar-refractivity contribution in [2.45, 2.75) is 13.8 Å². The molecule has 0 aliphatic carbocycles. The van der Waals surface area contributed by atoms with Crippen LogP contribution in [0.5, 0.6) is 0 Å². The number of fused-ring (bicyclic) bond motifs is 1. The van der Waals surface area contributed by atoms with E-state index < -0.39 is 0 Å². The van der Waals surface area contributed by atoms with Crippen LogP contribution in [0.1, 0.15) is 23.0 Å². The number of hydrogen-bond acceptors (Lipinski definition) is 3. The molecule has 0 unspecified atom stereocenters. The lowest BCUT2D eigenvalue weighted by atomic mass is 10.2. The van der Waals surface area contributed by atoms with Crippen LogP contribution in [0, 0.1) is 6.92 Å². The fraction of sp³-hybridized carbons (Fsp3) is 0.273. The first-order chi connectivity index (χ1) is 7.63. The van der Waals surface area contributed by atoms with Crippen molar-refractivity contribution in [2.24, 2.45) is 0 Å². The summed E-state index contributed by atoms with van der Waals surface area (Å²) in [4.78, 5) is 18.8. The molecular formula is C11H11ClN2O2. The summed E-state index contributed by atoms with van der Waals surface area (Å²) in [5, 5.41) is 1.13. The van der Waals surface area contributed by atoms with E-state index in [1.807, 2.05) is 6.92 Å². The minimum Gasteiger partial charge on any atom is -0.462 e. The van der Waals surface area contributed by atoms with Crippen molar-refractivity contribution >= 4 is 28.6 Å². The summed E-state index contributed by atoms with van der Waals surface area (Å²) in [6.45, 7) is 3.94. The maximum absolute atomic E-state index is 11.7. The molecule has 2 aromatic rings. The number of esters is 1. The Kier molecular flexibility index (Phi) is 2.83.